The van der Waals surface area contributed by atoms with Crippen LogP contribution in [0.25, 0.3) is 0 Å². The number of alkyl halides is 5. The maximum Gasteiger partial charge on any atom is 0.432 e. The Balaban J connectivity index is 3.49. The second-order valence-corrected chi connectivity index (χ2v) is 9.20. The average molecular weight is 670 g/mol. The third-order valence-corrected chi connectivity index (χ3v) is 5.27. The van der Waals surface area contributed by atoms with E-state index >= 15 is 0 Å². The van der Waals surface area contributed by atoms with E-state index in [1.165, 1.54) is 13.0 Å². The topological polar surface area (TPSA) is 107 Å². The summed E-state index contributed by atoms with van der Waals surface area (Å²) in [5, 5.41) is -5.90. The van der Waals surface area contributed by atoms with Crippen molar-refractivity contribution in [3.05, 3.63) is 37.0 Å². The summed E-state index contributed by atoms with van der Waals surface area (Å²) in [4.78, 5) is 23.9. The van der Waals surface area contributed by atoms with Crippen LogP contribution in [0.5, 0.6) is 5.75 Å². The molecule has 1 aromatic rings. The Bertz CT molecular complexity index is 960. The highest BCUT2D eigenvalue weighted by Gasteiger charge is 2.66. The van der Waals surface area contributed by atoms with Crippen molar-refractivity contribution in [2.45, 2.75) is 24.5 Å². The number of hydrogen-bond acceptors (Lipinski definition) is 6. The summed E-state index contributed by atoms with van der Waals surface area (Å²) in [5.41, 5.74) is -1.01. The van der Waals surface area contributed by atoms with Crippen molar-refractivity contribution in [2.75, 3.05) is 0 Å². The molecular formula is C14H9F5I2O7S. The third-order valence-electron chi connectivity index (χ3n) is 2.94. The van der Waals surface area contributed by atoms with Gasteiger partial charge in [0.2, 0.25) is 0 Å². The number of halogens is 7. The summed E-state index contributed by atoms with van der Waals surface area (Å²) in [6.45, 7) is 4.50. The number of ether oxygens (including phenoxy) is 2. The molecule has 0 heterocycles. The van der Waals surface area contributed by atoms with E-state index in [0.717, 1.165) is 6.07 Å². The maximum atomic E-state index is 13.6. The summed E-state index contributed by atoms with van der Waals surface area (Å²) in [7, 11) is -6.60. The van der Waals surface area contributed by atoms with Crippen molar-refractivity contribution in [1.82, 2.24) is 0 Å². The molecule has 0 aromatic heterocycles. The van der Waals surface area contributed by atoms with Crippen LogP contribution in [0.15, 0.2) is 24.3 Å². The highest BCUT2D eigenvalue weighted by Crippen LogP contribution is 2.39. The van der Waals surface area contributed by atoms with Gasteiger partial charge in [0.15, 0.2) is 5.75 Å². The van der Waals surface area contributed by atoms with E-state index < -0.39 is 50.9 Å². The van der Waals surface area contributed by atoms with Gasteiger partial charge in [-0.25, -0.2) is 9.59 Å². The molecule has 0 spiro atoms. The van der Waals surface area contributed by atoms with Crippen LogP contribution in [0.2, 0.25) is 0 Å². The Morgan fingerprint density at radius 3 is 2.10 bits per heavy atom. The lowest BCUT2D eigenvalue weighted by molar-refractivity contribution is -0.248. The zero-order valence-corrected chi connectivity index (χ0v) is 19.0. The van der Waals surface area contributed by atoms with E-state index in [1.807, 2.05) is 0 Å². The van der Waals surface area contributed by atoms with Gasteiger partial charge in [0.05, 0.1) is 3.57 Å². The second-order valence-electron chi connectivity index (χ2n) is 5.30. The minimum Gasteiger partial charge on any atom is -0.441 e. The van der Waals surface area contributed by atoms with Gasteiger partial charge in [0.25, 0.3) is 6.10 Å². The fourth-order valence-electron chi connectivity index (χ4n) is 1.63. The van der Waals surface area contributed by atoms with E-state index in [9.17, 15) is 40.0 Å². The summed E-state index contributed by atoms with van der Waals surface area (Å²) in [5.74, 6) is -3.76. The summed E-state index contributed by atoms with van der Waals surface area (Å²) in [6, 6.07) is 2.21. The Morgan fingerprint density at radius 2 is 1.69 bits per heavy atom. The standard InChI is InChI=1S/C14H9F5I2O7S/c1-5(2)10(22)27-9-7(3-6(20)4-8(9)21)11(23)28-12(13(15,16)17)14(18,19)29(24,25)26/h3-4,12H,1H2,2H3,(H,24,25,26). The Morgan fingerprint density at radius 1 is 1.17 bits per heavy atom. The molecular weight excluding hydrogens is 661 g/mol. The fraction of sp³-hybridized carbons (Fsp3) is 0.286. The molecule has 0 saturated carbocycles. The molecule has 1 unspecified atom stereocenters. The smallest absolute Gasteiger partial charge is 0.432 e. The number of hydrogen-bond donors (Lipinski definition) is 1. The van der Waals surface area contributed by atoms with Gasteiger partial charge in [0, 0.05) is 9.14 Å². The van der Waals surface area contributed by atoms with Crippen molar-refractivity contribution in [3.8, 4) is 5.75 Å². The molecule has 15 heteroatoms. The van der Waals surface area contributed by atoms with E-state index in [0.29, 0.717) is 0 Å². The molecule has 1 atom stereocenters. The second kappa shape index (κ2) is 8.96. The molecule has 0 fully saturated rings. The lowest BCUT2D eigenvalue weighted by Crippen LogP contribution is -2.52. The largest absolute Gasteiger partial charge is 0.441 e. The first-order chi connectivity index (χ1) is 12.9. The van der Waals surface area contributed by atoms with Crippen LogP contribution in [0.1, 0.15) is 17.3 Å². The maximum absolute atomic E-state index is 13.6. The Labute approximate surface area is 187 Å². The first kappa shape index (κ1) is 26.0. The van der Waals surface area contributed by atoms with Crippen LogP contribution < -0.4 is 4.74 Å². The van der Waals surface area contributed by atoms with Crippen LogP contribution in [-0.4, -0.2) is 42.4 Å². The molecule has 0 radical (unpaired) electrons. The molecule has 0 aliphatic heterocycles. The van der Waals surface area contributed by atoms with Crippen LogP contribution in [0.4, 0.5) is 22.0 Å². The highest BCUT2D eigenvalue weighted by molar-refractivity contribution is 14.1. The molecule has 1 rings (SSSR count). The van der Waals surface area contributed by atoms with E-state index in [4.69, 9.17) is 9.29 Å². The van der Waals surface area contributed by atoms with E-state index in [2.05, 4.69) is 11.3 Å². The predicted octanol–water partition coefficient (Wildman–Crippen LogP) is 3.95. The molecule has 0 amide bonds. The Hall–Kier alpha value is -1.08. The van der Waals surface area contributed by atoms with Gasteiger partial charge >= 0.3 is 33.5 Å². The van der Waals surface area contributed by atoms with Crippen LogP contribution in [-0.2, 0) is 19.6 Å². The number of benzene rings is 1. The van der Waals surface area contributed by atoms with E-state index in [-0.39, 0.29) is 12.7 Å². The summed E-state index contributed by atoms with van der Waals surface area (Å²) in [6.07, 6.45) is -10.6. The van der Waals surface area contributed by atoms with Crippen molar-refractivity contribution in [1.29, 1.82) is 0 Å². The fourth-order valence-corrected chi connectivity index (χ4v) is 4.03. The quantitative estimate of drug-likeness (QED) is 0.122. The first-order valence-corrected chi connectivity index (χ1v) is 10.5. The minimum atomic E-state index is -6.60. The summed E-state index contributed by atoms with van der Waals surface area (Å²) >= 11 is 3.19. The van der Waals surface area contributed by atoms with Crippen LogP contribution in [0, 0.1) is 7.14 Å². The SMILES string of the molecule is C=C(C)C(=O)Oc1c(I)cc(I)cc1C(=O)OC(C(F)(F)F)C(F)(F)S(=O)(=O)O. The lowest BCUT2D eigenvalue weighted by atomic mass is 10.2. The molecule has 162 valence electrons. The number of carbonyl (C=O) groups is 2. The van der Waals surface area contributed by atoms with Gasteiger partial charge in [-0.15, -0.1) is 0 Å². The van der Waals surface area contributed by atoms with Gasteiger partial charge < -0.3 is 9.47 Å². The van der Waals surface area contributed by atoms with Gasteiger partial charge in [-0.2, -0.15) is 30.4 Å². The van der Waals surface area contributed by atoms with E-state index in [1.54, 1.807) is 45.2 Å². The molecule has 29 heavy (non-hydrogen) atoms. The molecule has 0 saturated heterocycles. The Kier molecular flexibility index (Phi) is 8.02. The first-order valence-electron chi connectivity index (χ1n) is 6.88. The highest BCUT2D eigenvalue weighted by atomic mass is 127. The van der Waals surface area contributed by atoms with Crippen LogP contribution >= 0.6 is 45.2 Å². The lowest BCUT2D eigenvalue weighted by Gasteiger charge is -2.26. The molecule has 1 aromatic carbocycles. The van der Waals surface area contributed by atoms with Crippen molar-refractivity contribution in [3.63, 3.8) is 0 Å². The van der Waals surface area contributed by atoms with Gasteiger partial charge in [-0.3, -0.25) is 4.55 Å². The van der Waals surface area contributed by atoms with Gasteiger partial charge in [-0.05, 0) is 64.2 Å². The molecule has 0 bridgehead atoms. The zero-order valence-electron chi connectivity index (χ0n) is 13.9. The van der Waals surface area contributed by atoms with Crippen molar-refractivity contribution < 1.29 is 54.0 Å². The van der Waals surface area contributed by atoms with Crippen LogP contribution in [0.3, 0.4) is 0 Å². The number of esters is 2. The third kappa shape index (κ3) is 6.20. The van der Waals surface area contributed by atoms with Crippen molar-refractivity contribution in [2.24, 2.45) is 0 Å². The van der Waals surface area contributed by atoms with Crippen molar-refractivity contribution >= 4 is 67.2 Å². The molecule has 0 aliphatic rings. The molecule has 7 nitrogen and oxygen atoms in total. The van der Waals surface area contributed by atoms with Gasteiger partial charge in [-0.1, -0.05) is 6.58 Å². The average Bonchev–Trinajstić information content (AvgIpc) is 2.51. The number of carbonyl (C=O) groups excluding carboxylic acids is 2. The van der Waals surface area contributed by atoms with Gasteiger partial charge in [0.1, 0.15) is 5.56 Å². The zero-order chi connectivity index (χ0) is 22.9. The normalized spacial score (nSPS) is 13.6. The molecule has 0 aliphatic carbocycles. The monoisotopic (exact) mass is 670 g/mol. The summed E-state index contributed by atoms with van der Waals surface area (Å²) < 4.78 is 105. The number of rotatable bonds is 6. The predicted molar refractivity (Wildman–Crippen MR) is 104 cm³/mol. The minimum absolute atomic E-state index is 0.0288. The molecule has 1 N–H and O–H groups in total.